The summed E-state index contributed by atoms with van der Waals surface area (Å²) < 4.78 is 18.3. The van der Waals surface area contributed by atoms with Crippen LogP contribution in [0.3, 0.4) is 0 Å². The lowest BCUT2D eigenvalue weighted by Gasteiger charge is -2.32. The maximum absolute atomic E-state index is 13.0. The molecular formula is C20H21FN2O3. The highest BCUT2D eigenvalue weighted by atomic mass is 19.1. The number of anilines is 1. The van der Waals surface area contributed by atoms with Gasteiger partial charge in [-0.1, -0.05) is 12.1 Å². The number of likely N-dealkylation sites (tertiary alicyclic amines) is 1. The Kier molecular flexibility index (Phi) is 5.51. The first-order chi connectivity index (χ1) is 12.6. The van der Waals surface area contributed by atoms with E-state index in [1.165, 1.54) is 24.3 Å². The highest BCUT2D eigenvalue weighted by Gasteiger charge is 2.29. The molecule has 1 saturated heterocycles. The van der Waals surface area contributed by atoms with Crippen molar-refractivity contribution in [1.29, 1.82) is 0 Å². The minimum atomic E-state index is -0.380. The molecule has 1 heterocycles. The van der Waals surface area contributed by atoms with Crippen LogP contribution < -0.4 is 10.1 Å². The Balaban J connectivity index is 1.66. The van der Waals surface area contributed by atoms with Crippen molar-refractivity contribution in [2.45, 2.75) is 12.8 Å². The maximum atomic E-state index is 13.0. The molecule has 6 heteroatoms. The molecule has 2 aromatic rings. The fourth-order valence-electron chi connectivity index (χ4n) is 3.13. The Morgan fingerprint density at radius 1 is 1.15 bits per heavy atom. The Bertz CT molecular complexity index is 792. The van der Waals surface area contributed by atoms with E-state index in [0.29, 0.717) is 36.5 Å². The van der Waals surface area contributed by atoms with E-state index >= 15 is 0 Å². The third-order valence-corrected chi connectivity index (χ3v) is 4.54. The molecule has 0 unspecified atom stereocenters. The number of methoxy groups -OCH3 is 1. The third kappa shape index (κ3) is 4.02. The number of rotatable bonds is 4. The zero-order chi connectivity index (χ0) is 18.5. The van der Waals surface area contributed by atoms with Crippen LogP contribution in [0.25, 0.3) is 0 Å². The molecule has 136 valence electrons. The fraction of sp³-hybridized carbons (Fsp3) is 0.300. The van der Waals surface area contributed by atoms with Crippen molar-refractivity contribution in [3.8, 4) is 5.75 Å². The fourth-order valence-corrected chi connectivity index (χ4v) is 3.13. The van der Waals surface area contributed by atoms with Crippen LogP contribution in [0, 0.1) is 11.7 Å². The molecule has 5 nitrogen and oxygen atoms in total. The number of hydrogen-bond donors (Lipinski definition) is 1. The van der Waals surface area contributed by atoms with Crippen LogP contribution in [0.4, 0.5) is 10.1 Å². The molecule has 0 radical (unpaired) electrons. The number of para-hydroxylation sites is 2. The summed E-state index contributed by atoms with van der Waals surface area (Å²) in [6.07, 6.45) is 1.46. The number of piperidine rings is 1. The van der Waals surface area contributed by atoms with Gasteiger partial charge < -0.3 is 15.0 Å². The largest absolute Gasteiger partial charge is 0.495 e. The van der Waals surface area contributed by atoms with Crippen molar-refractivity contribution in [1.82, 2.24) is 4.90 Å². The van der Waals surface area contributed by atoms with Gasteiger partial charge in [-0.3, -0.25) is 9.59 Å². The summed E-state index contributed by atoms with van der Waals surface area (Å²) in [5, 5.41) is 2.89. The molecule has 0 aromatic heterocycles. The number of carbonyl (C=O) groups excluding carboxylic acids is 2. The number of ether oxygens (including phenoxy) is 1. The zero-order valence-corrected chi connectivity index (χ0v) is 14.6. The normalized spacial score (nSPS) is 16.8. The molecule has 1 aliphatic rings. The number of benzene rings is 2. The van der Waals surface area contributed by atoms with Crippen LogP contribution in [0.1, 0.15) is 23.2 Å². The average molecular weight is 356 g/mol. The van der Waals surface area contributed by atoms with E-state index in [1.807, 2.05) is 12.1 Å². The van der Waals surface area contributed by atoms with Gasteiger partial charge in [-0.2, -0.15) is 0 Å². The molecule has 0 bridgehead atoms. The first-order valence-electron chi connectivity index (χ1n) is 8.57. The summed E-state index contributed by atoms with van der Waals surface area (Å²) in [7, 11) is 1.55. The number of amides is 2. The molecule has 2 aromatic carbocycles. The SMILES string of the molecule is COc1ccccc1NC(=O)[C@H]1CCCN(C(=O)c2ccc(F)cc2)C1. The van der Waals surface area contributed by atoms with Gasteiger partial charge in [-0.25, -0.2) is 4.39 Å². The molecule has 1 fully saturated rings. The molecular weight excluding hydrogens is 335 g/mol. The molecule has 0 spiro atoms. The Hall–Kier alpha value is -2.89. The number of hydrogen-bond acceptors (Lipinski definition) is 3. The highest BCUT2D eigenvalue weighted by molar-refractivity contribution is 5.96. The number of carbonyl (C=O) groups is 2. The van der Waals surface area contributed by atoms with E-state index in [0.717, 1.165) is 6.42 Å². The first kappa shape index (κ1) is 17.9. The number of halogens is 1. The first-order valence-corrected chi connectivity index (χ1v) is 8.57. The second-order valence-electron chi connectivity index (χ2n) is 6.29. The third-order valence-electron chi connectivity index (χ3n) is 4.54. The topological polar surface area (TPSA) is 58.6 Å². The van der Waals surface area contributed by atoms with Gasteiger partial charge in [0.15, 0.2) is 0 Å². The summed E-state index contributed by atoms with van der Waals surface area (Å²) in [6, 6.07) is 12.7. The van der Waals surface area contributed by atoms with Gasteiger partial charge in [-0.15, -0.1) is 0 Å². The molecule has 3 rings (SSSR count). The Labute approximate surface area is 151 Å². The standard InChI is InChI=1S/C20H21FN2O3/c1-26-18-7-3-2-6-17(18)22-19(24)15-5-4-12-23(13-15)20(25)14-8-10-16(21)11-9-14/h2-3,6-11,15H,4-5,12-13H2,1H3,(H,22,24)/t15-/m0/s1. The molecule has 0 saturated carbocycles. The second kappa shape index (κ2) is 7.99. The van der Waals surface area contributed by atoms with Crippen molar-refractivity contribution >= 4 is 17.5 Å². The van der Waals surface area contributed by atoms with Gasteiger partial charge >= 0.3 is 0 Å². The molecule has 0 aliphatic carbocycles. The summed E-state index contributed by atoms with van der Waals surface area (Å²) in [4.78, 5) is 26.9. The molecule has 26 heavy (non-hydrogen) atoms. The quantitative estimate of drug-likeness (QED) is 0.914. The Morgan fingerprint density at radius 2 is 1.88 bits per heavy atom. The summed E-state index contributed by atoms with van der Waals surface area (Å²) >= 11 is 0. The predicted molar refractivity (Wildman–Crippen MR) is 96.7 cm³/mol. The highest BCUT2D eigenvalue weighted by Crippen LogP contribution is 2.26. The number of nitrogens with one attached hydrogen (secondary N) is 1. The van der Waals surface area contributed by atoms with Crippen molar-refractivity contribution in [3.63, 3.8) is 0 Å². The molecule has 1 atom stereocenters. The monoisotopic (exact) mass is 356 g/mol. The van der Waals surface area contributed by atoms with Gasteiger partial charge in [0, 0.05) is 18.7 Å². The smallest absolute Gasteiger partial charge is 0.253 e. The van der Waals surface area contributed by atoms with Crippen LogP contribution in [0.2, 0.25) is 0 Å². The second-order valence-corrected chi connectivity index (χ2v) is 6.29. The van der Waals surface area contributed by atoms with E-state index in [-0.39, 0.29) is 23.5 Å². The minimum Gasteiger partial charge on any atom is -0.495 e. The van der Waals surface area contributed by atoms with Crippen molar-refractivity contribution < 1.29 is 18.7 Å². The summed E-state index contributed by atoms with van der Waals surface area (Å²) in [5.41, 5.74) is 1.04. The Morgan fingerprint density at radius 3 is 2.62 bits per heavy atom. The molecule has 1 aliphatic heterocycles. The summed E-state index contributed by atoms with van der Waals surface area (Å²) in [5.74, 6) is -0.394. The van der Waals surface area contributed by atoms with Crippen molar-refractivity contribution in [3.05, 3.63) is 59.9 Å². The lowest BCUT2D eigenvalue weighted by Crippen LogP contribution is -2.43. The van der Waals surface area contributed by atoms with Crippen LogP contribution in [-0.4, -0.2) is 36.9 Å². The number of nitrogens with zero attached hydrogens (tertiary/aromatic N) is 1. The van der Waals surface area contributed by atoms with E-state index in [9.17, 15) is 14.0 Å². The van der Waals surface area contributed by atoms with E-state index in [4.69, 9.17) is 4.74 Å². The molecule has 2 amide bonds. The maximum Gasteiger partial charge on any atom is 0.253 e. The average Bonchev–Trinajstić information content (AvgIpc) is 2.68. The lowest BCUT2D eigenvalue weighted by atomic mass is 9.96. The zero-order valence-electron chi connectivity index (χ0n) is 14.6. The van der Waals surface area contributed by atoms with E-state index in [2.05, 4.69) is 5.32 Å². The van der Waals surface area contributed by atoms with Crippen LogP contribution >= 0.6 is 0 Å². The van der Waals surface area contributed by atoms with Crippen LogP contribution in [-0.2, 0) is 4.79 Å². The minimum absolute atomic E-state index is 0.133. The van der Waals surface area contributed by atoms with Gasteiger partial charge in [0.2, 0.25) is 5.91 Å². The van der Waals surface area contributed by atoms with E-state index in [1.54, 1.807) is 24.1 Å². The summed E-state index contributed by atoms with van der Waals surface area (Å²) in [6.45, 7) is 0.936. The van der Waals surface area contributed by atoms with Gasteiger partial charge in [-0.05, 0) is 49.2 Å². The van der Waals surface area contributed by atoms with Gasteiger partial charge in [0.25, 0.3) is 5.91 Å². The van der Waals surface area contributed by atoms with Crippen molar-refractivity contribution in [2.75, 3.05) is 25.5 Å². The lowest BCUT2D eigenvalue weighted by molar-refractivity contribution is -0.121. The molecule has 1 N–H and O–H groups in total. The van der Waals surface area contributed by atoms with E-state index < -0.39 is 0 Å². The van der Waals surface area contributed by atoms with Gasteiger partial charge in [0.05, 0.1) is 18.7 Å². The van der Waals surface area contributed by atoms with Gasteiger partial charge in [0.1, 0.15) is 11.6 Å². The predicted octanol–water partition coefficient (Wildman–Crippen LogP) is 3.33. The van der Waals surface area contributed by atoms with Crippen molar-refractivity contribution in [2.24, 2.45) is 5.92 Å². The van der Waals surface area contributed by atoms with Crippen LogP contribution in [0.15, 0.2) is 48.5 Å². The van der Waals surface area contributed by atoms with Crippen LogP contribution in [0.5, 0.6) is 5.75 Å².